The van der Waals surface area contributed by atoms with E-state index in [0.717, 1.165) is 24.3 Å². The molecule has 5 aromatic rings. The summed E-state index contributed by atoms with van der Waals surface area (Å²) >= 11 is 6.08. The van der Waals surface area contributed by atoms with Gasteiger partial charge in [0.2, 0.25) is 23.0 Å². The predicted molar refractivity (Wildman–Crippen MR) is 181 cm³/mol. The Labute approximate surface area is 285 Å². The number of non-ortho nitro benzene ring substituents is 1. The molecule has 0 amide bonds. The third-order valence-electron chi connectivity index (χ3n) is 7.04. The van der Waals surface area contributed by atoms with Crippen LogP contribution in [0.3, 0.4) is 0 Å². The first-order valence-electron chi connectivity index (χ1n) is 13.7. The number of carbonyl (C=O) groups excluding carboxylic acids is 1. The van der Waals surface area contributed by atoms with E-state index in [4.69, 9.17) is 11.6 Å². The van der Waals surface area contributed by atoms with Crippen LogP contribution in [0.1, 0.15) is 11.1 Å². The van der Waals surface area contributed by atoms with Gasteiger partial charge in [0.15, 0.2) is 0 Å². The van der Waals surface area contributed by atoms with Crippen molar-refractivity contribution in [3.63, 3.8) is 0 Å². The predicted octanol–water partition coefficient (Wildman–Crippen LogP) is 4.65. The summed E-state index contributed by atoms with van der Waals surface area (Å²) in [6, 6.07) is 17.0. The second-order valence-electron chi connectivity index (χ2n) is 10.3. The number of aromatic hydroxyl groups is 1. The summed E-state index contributed by atoms with van der Waals surface area (Å²) in [7, 11) is -10.1. The number of allylic oxidation sites excluding steroid dienone is 1. The molecule has 254 valence electrons. The number of rotatable bonds is 9. The van der Waals surface area contributed by atoms with E-state index in [1.54, 1.807) is 24.3 Å². The zero-order valence-corrected chi connectivity index (χ0v) is 27.0. The molecule has 0 saturated carbocycles. The van der Waals surface area contributed by atoms with Gasteiger partial charge in [-0.25, -0.2) is 0 Å². The molecule has 1 aromatic heterocycles. The number of hydrogen-bond donors (Lipinski definition) is 6. The quantitative estimate of drug-likeness (QED) is 0.0519. The number of nitrogens with zero attached hydrogens (tertiary/aromatic N) is 5. The minimum atomic E-state index is -5.09. The molecule has 0 aliphatic heterocycles. The van der Waals surface area contributed by atoms with Crippen molar-refractivity contribution >= 4 is 93.7 Å². The number of phenols is 1. The van der Waals surface area contributed by atoms with Crippen LogP contribution in [-0.4, -0.2) is 62.4 Å². The first-order valence-corrected chi connectivity index (χ1v) is 17.0. The maximum Gasteiger partial charge on any atom is 0.296 e. The Morgan fingerprint density at radius 2 is 1.50 bits per heavy atom. The Balaban J connectivity index is 1.38. The lowest BCUT2D eigenvalue weighted by Gasteiger charge is -2.18. The molecular formula is C29H19ClN8O10S2. The van der Waals surface area contributed by atoms with Crippen molar-refractivity contribution in [2.45, 2.75) is 4.90 Å². The number of aromatic nitrogens is 3. The number of ketones is 1. The second-order valence-corrected chi connectivity index (χ2v) is 13.4. The average Bonchev–Trinajstić information content (AvgIpc) is 3.03. The number of nitro benzene ring substituents is 1. The number of halogens is 1. The zero-order valence-electron chi connectivity index (χ0n) is 24.6. The third kappa shape index (κ3) is 6.90. The Kier molecular flexibility index (Phi) is 8.63. The van der Waals surface area contributed by atoms with Crippen molar-refractivity contribution < 1.29 is 40.8 Å². The Hall–Kier alpha value is -6.06. The first-order chi connectivity index (χ1) is 23.6. The van der Waals surface area contributed by atoms with Crippen LogP contribution in [0.2, 0.25) is 5.28 Å². The fourth-order valence-corrected chi connectivity index (χ4v) is 6.43. The zero-order chi connectivity index (χ0) is 36.0. The van der Waals surface area contributed by atoms with Gasteiger partial charge in [-0.05, 0) is 59.5 Å². The minimum absolute atomic E-state index is 0.00471. The standard InChI is InChI=1S/C29H19ClN8O10S2/c30-27-33-28(31-15-4-2-1-3-5-15)35-29(34-27)32-16-6-8-18-14(10-16)11-23(50(46,47)48)25(26(18)40)37-36-24-19-9-7-17(38(41)42)12-20(19)22(13-21(24)39)49(43,44)45/h1-13,37,40H,(H,43,44,45)(H,46,47,48)(H2,31,32,33,34,35)/b36-24+. The van der Waals surface area contributed by atoms with Gasteiger partial charge in [-0.3, -0.25) is 29.4 Å². The van der Waals surface area contributed by atoms with E-state index < -0.39 is 69.1 Å². The van der Waals surface area contributed by atoms with Gasteiger partial charge in [0.25, 0.3) is 25.9 Å². The van der Waals surface area contributed by atoms with E-state index in [1.165, 1.54) is 18.2 Å². The number of carbonyl (C=O) groups is 1. The van der Waals surface area contributed by atoms with Crippen molar-refractivity contribution in [1.82, 2.24) is 15.0 Å². The van der Waals surface area contributed by atoms with Crippen LogP contribution in [0, 0.1) is 10.1 Å². The van der Waals surface area contributed by atoms with Gasteiger partial charge in [-0.2, -0.15) is 36.9 Å². The molecule has 0 spiro atoms. The molecule has 0 fully saturated rings. The highest BCUT2D eigenvalue weighted by molar-refractivity contribution is 7.95. The molecular weight excluding hydrogens is 720 g/mol. The monoisotopic (exact) mass is 738 g/mol. The molecule has 1 aliphatic carbocycles. The summed E-state index contributed by atoms with van der Waals surface area (Å²) in [4.78, 5) is 33.9. The van der Waals surface area contributed by atoms with Gasteiger partial charge in [0.05, 0.1) is 4.92 Å². The summed E-state index contributed by atoms with van der Waals surface area (Å²) < 4.78 is 68.6. The summed E-state index contributed by atoms with van der Waals surface area (Å²) in [5, 5.41) is 32.2. The fraction of sp³-hybridized carbons (Fsp3) is 0. The van der Waals surface area contributed by atoms with Gasteiger partial charge in [-0.1, -0.05) is 18.2 Å². The average molecular weight is 739 g/mol. The lowest BCUT2D eigenvalue weighted by molar-refractivity contribution is -0.384. The number of nitrogens with one attached hydrogen (secondary N) is 3. The smallest absolute Gasteiger partial charge is 0.296 e. The van der Waals surface area contributed by atoms with E-state index >= 15 is 0 Å². The molecule has 0 atom stereocenters. The van der Waals surface area contributed by atoms with Crippen LogP contribution in [0.25, 0.3) is 15.7 Å². The third-order valence-corrected chi connectivity index (χ3v) is 8.98. The molecule has 1 aliphatic rings. The fourth-order valence-electron chi connectivity index (χ4n) is 4.89. The largest absolute Gasteiger partial charge is 0.505 e. The molecule has 6 N–H and O–H groups in total. The van der Waals surface area contributed by atoms with Crippen molar-refractivity contribution in [2.24, 2.45) is 5.10 Å². The lowest BCUT2D eigenvalue weighted by Crippen LogP contribution is -2.23. The highest BCUT2D eigenvalue weighted by atomic mass is 35.5. The number of phenolic OH excluding ortho intramolecular Hbond substituents is 1. The minimum Gasteiger partial charge on any atom is -0.505 e. The Morgan fingerprint density at radius 3 is 2.14 bits per heavy atom. The number of benzene rings is 4. The molecule has 21 heteroatoms. The number of fused-ring (bicyclic) bond motifs is 2. The SMILES string of the molecule is O=C1C=C(S(=O)(=O)O)c2cc([N+](=O)[O-])ccc2/C1=N\Nc1c(S(=O)(=O)O)cc2cc(Nc3nc(Cl)nc(Nc4ccccc4)n3)ccc2c1O. The number of nitro groups is 1. The van der Waals surface area contributed by atoms with Crippen LogP contribution in [-0.2, 0) is 25.0 Å². The van der Waals surface area contributed by atoms with Gasteiger partial charge >= 0.3 is 0 Å². The highest BCUT2D eigenvalue weighted by Gasteiger charge is 2.32. The Morgan fingerprint density at radius 1 is 0.820 bits per heavy atom. The molecule has 0 saturated heterocycles. The number of hydrogen-bond acceptors (Lipinski definition) is 15. The van der Waals surface area contributed by atoms with Gasteiger partial charge in [-0.15, -0.1) is 0 Å². The van der Waals surface area contributed by atoms with Crippen LogP contribution in [0.4, 0.5) is 34.6 Å². The molecule has 6 rings (SSSR count). The van der Waals surface area contributed by atoms with Crippen LogP contribution in [0.15, 0.2) is 88.9 Å². The molecule has 18 nitrogen and oxygen atoms in total. The van der Waals surface area contributed by atoms with Crippen molar-refractivity contribution in [3.05, 3.63) is 105 Å². The molecule has 0 unspecified atom stereocenters. The van der Waals surface area contributed by atoms with E-state index in [-0.39, 0.29) is 33.5 Å². The van der Waals surface area contributed by atoms with E-state index in [1.807, 2.05) is 6.07 Å². The summed E-state index contributed by atoms with van der Waals surface area (Å²) in [6.45, 7) is 0. The van der Waals surface area contributed by atoms with Crippen LogP contribution < -0.4 is 16.1 Å². The van der Waals surface area contributed by atoms with Gasteiger partial charge < -0.3 is 15.7 Å². The number of para-hydroxylation sites is 1. The summed E-state index contributed by atoms with van der Waals surface area (Å²) in [6.07, 6.45) is 0.473. The van der Waals surface area contributed by atoms with Gasteiger partial charge in [0.1, 0.15) is 26.9 Å². The lowest BCUT2D eigenvalue weighted by atomic mass is 9.94. The summed E-state index contributed by atoms with van der Waals surface area (Å²) in [5.41, 5.74) is 0.672. The normalized spacial score (nSPS) is 13.9. The van der Waals surface area contributed by atoms with Gasteiger partial charge in [0, 0.05) is 46.1 Å². The van der Waals surface area contributed by atoms with E-state index in [9.17, 15) is 46.0 Å². The van der Waals surface area contributed by atoms with Crippen LogP contribution in [0.5, 0.6) is 5.75 Å². The first kappa shape index (κ1) is 33.8. The molecule has 50 heavy (non-hydrogen) atoms. The van der Waals surface area contributed by atoms with Crippen LogP contribution >= 0.6 is 11.6 Å². The summed E-state index contributed by atoms with van der Waals surface area (Å²) in [5.74, 6) is -1.71. The van der Waals surface area contributed by atoms with E-state index in [2.05, 4.69) is 36.1 Å². The molecule has 4 aromatic carbocycles. The molecule has 0 radical (unpaired) electrons. The second kappa shape index (κ2) is 12.8. The van der Waals surface area contributed by atoms with E-state index in [0.29, 0.717) is 17.5 Å². The van der Waals surface area contributed by atoms with Crippen molar-refractivity contribution in [1.29, 1.82) is 0 Å². The highest BCUT2D eigenvalue weighted by Crippen LogP contribution is 2.40. The maximum atomic E-state index is 12.9. The number of anilines is 5. The maximum absolute atomic E-state index is 12.9. The van der Waals surface area contributed by atoms with Crippen molar-refractivity contribution in [3.8, 4) is 5.75 Å². The Bertz CT molecular complexity index is 2550. The molecule has 1 heterocycles. The topological polar surface area (TPSA) is 276 Å². The van der Waals surface area contributed by atoms with Crippen molar-refractivity contribution in [2.75, 3.05) is 16.1 Å². The molecule has 0 bridgehead atoms. The number of hydrazone groups is 1.